The Kier molecular flexibility index (Phi) is 3.05. The van der Waals surface area contributed by atoms with Crippen LogP contribution in [0.4, 0.5) is 11.6 Å². The van der Waals surface area contributed by atoms with E-state index in [1.165, 1.54) is 0 Å². The van der Waals surface area contributed by atoms with Crippen molar-refractivity contribution in [3.05, 3.63) is 29.0 Å². The van der Waals surface area contributed by atoms with E-state index >= 15 is 0 Å². The monoisotopic (exact) mass is 222 g/mol. The van der Waals surface area contributed by atoms with Gasteiger partial charge in [0.05, 0.1) is 30.1 Å². The van der Waals surface area contributed by atoms with Crippen molar-refractivity contribution in [3.8, 4) is 0 Å². The number of hydrazine groups is 1. The summed E-state index contributed by atoms with van der Waals surface area (Å²) in [6.45, 7) is 0.631. The normalized spacial score (nSPS) is 9.93. The van der Waals surface area contributed by atoms with Crippen molar-refractivity contribution in [2.75, 3.05) is 10.7 Å². The summed E-state index contributed by atoms with van der Waals surface area (Å²) in [6, 6.07) is 0. The predicted molar refractivity (Wildman–Crippen MR) is 59.3 cm³/mol. The Morgan fingerprint density at radius 3 is 2.93 bits per heavy atom. The Bertz CT molecular complexity index is 415. The van der Waals surface area contributed by atoms with Gasteiger partial charge in [-0.1, -0.05) is 0 Å². The number of anilines is 2. The van der Waals surface area contributed by atoms with E-state index < -0.39 is 0 Å². The SMILES string of the molecule is NNc1cncc(NCc2cscn2)n1. The van der Waals surface area contributed by atoms with E-state index in [-0.39, 0.29) is 0 Å². The third-order valence-corrected chi connectivity index (χ3v) is 2.35. The smallest absolute Gasteiger partial charge is 0.160 e. The summed E-state index contributed by atoms with van der Waals surface area (Å²) in [7, 11) is 0. The number of nitrogen functional groups attached to an aromatic ring is 1. The molecule has 0 unspecified atom stereocenters. The molecule has 4 N–H and O–H groups in total. The fourth-order valence-corrected chi connectivity index (χ4v) is 1.59. The first-order valence-electron chi connectivity index (χ1n) is 4.28. The summed E-state index contributed by atoms with van der Waals surface area (Å²) in [5.74, 6) is 6.41. The number of nitrogens with one attached hydrogen (secondary N) is 2. The lowest BCUT2D eigenvalue weighted by atomic mass is 10.5. The van der Waals surface area contributed by atoms with Crippen molar-refractivity contribution >= 4 is 23.0 Å². The Morgan fingerprint density at radius 1 is 1.33 bits per heavy atom. The average Bonchev–Trinajstić information content (AvgIpc) is 2.79. The number of aromatic nitrogens is 3. The van der Waals surface area contributed by atoms with Crippen LogP contribution >= 0.6 is 11.3 Å². The van der Waals surface area contributed by atoms with Gasteiger partial charge in [0.1, 0.15) is 5.82 Å². The van der Waals surface area contributed by atoms with Crippen LogP contribution in [0.5, 0.6) is 0 Å². The highest BCUT2D eigenvalue weighted by Gasteiger charge is 1.98. The van der Waals surface area contributed by atoms with Crippen LogP contribution in [0, 0.1) is 0 Å². The zero-order valence-electron chi connectivity index (χ0n) is 7.84. The second-order valence-electron chi connectivity index (χ2n) is 2.77. The molecular weight excluding hydrogens is 212 g/mol. The Hall–Kier alpha value is -1.73. The molecule has 2 aromatic heterocycles. The third-order valence-electron chi connectivity index (χ3n) is 1.72. The topological polar surface area (TPSA) is 88.8 Å². The van der Waals surface area contributed by atoms with Gasteiger partial charge in [0.2, 0.25) is 0 Å². The summed E-state index contributed by atoms with van der Waals surface area (Å²) in [5.41, 5.74) is 5.21. The van der Waals surface area contributed by atoms with Crippen molar-refractivity contribution in [2.45, 2.75) is 6.54 Å². The Labute approximate surface area is 90.6 Å². The predicted octanol–water partition coefficient (Wildman–Crippen LogP) is 0.831. The maximum atomic E-state index is 5.22. The van der Waals surface area contributed by atoms with E-state index in [1.807, 2.05) is 5.38 Å². The van der Waals surface area contributed by atoms with E-state index in [9.17, 15) is 0 Å². The molecule has 2 rings (SSSR count). The molecule has 0 aliphatic heterocycles. The number of hydrogen-bond donors (Lipinski definition) is 3. The van der Waals surface area contributed by atoms with Gasteiger partial charge in [0.25, 0.3) is 0 Å². The fraction of sp³-hybridized carbons (Fsp3) is 0.125. The molecule has 0 saturated carbocycles. The van der Waals surface area contributed by atoms with Gasteiger partial charge in [0, 0.05) is 5.38 Å². The highest BCUT2D eigenvalue weighted by atomic mass is 32.1. The van der Waals surface area contributed by atoms with Gasteiger partial charge in [-0.05, 0) is 0 Å². The summed E-state index contributed by atoms with van der Waals surface area (Å²) >= 11 is 1.56. The van der Waals surface area contributed by atoms with Gasteiger partial charge in [-0.15, -0.1) is 11.3 Å². The van der Waals surface area contributed by atoms with Crippen molar-refractivity contribution in [2.24, 2.45) is 5.84 Å². The van der Waals surface area contributed by atoms with Gasteiger partial charge in [-0.2, -0.15) is 0 Å². The molecule has 2 heterocycles. The highest BCUT2D eigenvalue weighted by molar-refractivity contribution is 7.07. The van der Waals surface area contributed by atoms with E-state index in [1.54, 1.807) is 29.2 Å². The van der Waals surface area contributed by atoms with Crippen LogP contribution in [0.3, 0.4) is 0 Å². The number of nitrogens with two attached hydrogens (primary N) is 1. The average molecular weight is 222 g/mol. The first kappa shape index (κ1) is 9.81. The Balaban J connectivity index is 1.98. The van der Waals surface area contributed by atoms with E-state index in [0.717, 1.165) is 5.69 Å². The lowest BCUT2D eigenvalue weighted by Crippen LogP contribution is -2.10. The Morgan fingerprint density at radius 2 is 2.20 bits per heavy atom. The molecule has 0 amide bonds. The standard InChI is InChI=1S/C8H10N6S/c9-14-8-3-10-2-7(13-8)11-1-6-4-15-5-12-6/h2-5H,1,9H2,(H2,11,13,14). The minimum atomic E-state index is 0.526. The van der Waals surface area contributed by atoms with Gasteiger partial charge in [-0.3, -0.25) is 4.98 Å². The molecule has 0 atom stereocenters. The molecule has 6 nitrogen and oxygen atoms in total. The molecule has 15 heavy (non-hydrogen) atoms. The minimum Gasteiger partial charge on any atom is -0.363 e. The molecule has 0 saturated heterocycles. The number of thiazole rings is 1. The summed E-state index contributed by atoms with van der Waals surface area (Å²) in [6.07, 6.45) is 3.18. The van der Waals surface area contributed by atoms with Gasteiger partial charge >= 0.3 is 0 Å². The van der Waals surface area contributed by atoms with Crippen molar-refractivity contribution in [1.29, 1.82) is 0 Å². The van der Waals surface area contributed by atoms with E-state index in [0.29, 0.717) is 18.2 Å². The number of hydrogen-bond acceptors (Lipinski definition) is 7. The van der Waals surface area contributed by atoms with Gasteiger partial charge < -0.3 is 10.7 Å². The van der Waals surface area contributed by atoms with E-state index in [2.05, 4.69) is 25.7 Å². The molecule has 0 aliphatic rings. The zero-order chi connectivity index (χ0) is 10.5. The zero-order valence-corrected chi connectivity index (χ0v) is 8.66. The van der Waals surface area contributed by atoms with Crippen LogP contribution < -0.4 is 16.6 Å². The van der Waals surface area contributed by atoms with Gasteiger partial charge in [0.15, 0.2) is 5.82 Å². The summed E-state index contributed by atoms with van der Waals surface area (Å²) in [4.78, 5) is 12.3. The molecule has 0 aliphatic carbocycles. The van der Waals surface area contributed by atoms with Crippen LogP contribution in [0.2, 0.25) is 0 Å². The number of nitrogens with zero attached hydrogens (tertiary/aromatic N) is 3. The second-order valence-corrected chi connectivity index (χ2v) is 3.49. The van der Waals surface area contributed by atoms with Crippen molar-refractivity contribution in [3.63, 3.8) is 0 Å². The lowest BCUT2D eigenvalue weighted by molar-refractivity contribution is 1.04. The van der Waals surface area contributed by atoms with Crippen LogP contribution in [-0.4, -0.2) is 15.0 Å². The largest absolute Gasteiger partial charge is 0.363 e. The molecule has 0 spiro atoms. The molecule has 0 bridgehead atoms. The maximum absolute atomic E-state index is 5.22. The van der Waals surface area contributed by atoms with E-state index in [4.69, 9.17) is 5.84 Å². The maximum Gasteiger partial charge on any atom is 0.160 e. The first-order chi connectivity index (χ1) is 7.38. The third kappa shape index (κ3) is 2.61. The molecule has 78 valence electrons. The molecular formula is C8H10N6S. The lowest BCUT2D eigenvalue weighted by Gasteiger charge is -2.04. The van der Waals surface area contributed by atoms with Crippen molar-refractivity contribution < 1.29 is 0 Å². The summed E-state index contributed by atoms with van der Waals surface area (Å²) in [5, 5.41) is 5.07. The highest BCUT2D eigenvalue weighted by Crippen LogP contribution is 2.07. The quantitative estimate of drug-likeness (QED) is 0.524. The second kappa shape index (κ2) is 4.67. The molecule has 0 fully saturated rings. The van der Waals surface area contributed by atoms with Crippen LogP contribution in [0.1, 0.15) is 5.69 Å². The first-order valence-corrected chi connectivity index (χ1v) is 5.22. The van der Waals surface area contributed by atoms with Crippen LogP contribution in [-0.2, 0) is 6.54 Å². The fourth-order valence-electron chi connectivity index (χ4n) is 1.03. The number of rotatable bonds is 4. The molecule has 0 aromatic carbocycles. The summed E-state index contributed by atoms with van der Waals surface area (Å²) < 4.78 is 0. The van der Waals surface area contributed by atoms with Crippen LogP contribution in [0.25, 0.3) is 0 Å². The molecule has 7 heteroatoms. The van der Waals surface area contributed by atoms with Crippen molar-refractivity contribution in [1.82, 2.24) is 15.0 Å². The molecule has 2 aromatic rings. The van der Waals surface area contributed by atoms with Crippen LogP contribution in [0.15, 0.2) is 23.3 Å². The van der Waals surface area contributed by atoms with Gasteiger partial charge in [-0.25, -0.2) is 15.8 Å². The molecule has 0 radical (unpaired) electrons. The minimum absolute atomic E-state index is 0.526.